The Labute approximate surface area is 80.2 Å². The van der Waals surface area contributed by atoms with E-state index in [-0.39, 0.29) is 0 Å². The van der Waals surface area contributed by atoms with Crippen LogP contribution in [0.4, 0.5) is 0 Å². The minimum atomic E-state index is 0.417. The van der Waals surface area contributed by atoms with Crippen molar-refractivity contribution in [1.29, 1.82) is 0 Å². The van der Waals surface area contributed by atoms with Gasteiger partial charge < -0.3 is 0 Å². The van der Waals surface area contributed by atoms with Crippen molar-refractivity contribution < 1.29 is 0 Å². The highest BCUT2D eigenvalue weighted by atomic mass is 14.7. The van der Waals surface area contributed by atoms with E-state index in [1.807, 2.05) is 12.3 Å². The zero-order chi connectivity index (χ0) is 9.47. The molecule has 0 saturated heterocycles. The van der Waals surface area contributed by atoms with Gasteiger partial charge in [0.1, 0.15) is 0 Å². The van der Waals surface area contributed by atoms with E-state index in [1.54, 1.807) is 0 Å². The van der Waals surface area contributed by atoms with Crippen LogP contribution in [0.1, 0.15) is 32.0 Å². The Bertz CT molecular complexity index is 284. The fraction of sp³-hybridized carbons (Fsp3) is 0.583. The van der Waals surface area contributed by atoms with Crippen LogP contribution in [0.3, 0.4) is 0 Å². The summed E-state index contributed by atoms with van der Waals surface area (Å²) >= 11 is 0. The highest BCUT2D eigenvalue weighted by Gasteiger charge is 2.31. The molecule has 0 aromatic carbocycles. The molecule has 1 heterocycles. The van der Waals surface area contributed by atoms with Crippen LogP contribution >= 0.6 is 0 Å². The van der Waals surface area contributed by atoms with Gasteiger partial charge in [-0.1, -0.05) is 26.8 Å². The number of pyridine rings is 1. The molecule has 1 heteroatoms. The number of fused-ring (bicyclic) bond motifs is 1. The van der Waals surface area contributed by atoms with Gasteiger partial charge in [0.05, 0.1) is 0 Å². The predicted octanol–water partition coefficient (Wildman–Crippen LogP) is 2.84. The average molecular weight is 175 g/mol. The molecular formula is C12H17N. The first-order valence-corrected chi connectivity index (χ1v) is 5.00. The molecule has 1 nitrogen and oxygen atoms in total. The molecule has 0 bridgehead atoms. The summed E-state index contributed by atoms with van der Waals surface area (Å²) in [5.41, 5.74) is 3.20. The molecule has 1 aliphatic carbocycles. The van der Waals surface area contributed by atoms with Crippen LogP contribution < -0.4 is 0 Å². The highest BCUT2D eigenvalue weighted by Crippen LogP contribution is 2.37. The molecule has 0 N–H and O–H groups in total. The summed E-state index contributed by atoms with van der Waals surface area (Å²) in [5.74, 6) is 0.775. The van der Waals surface area contributed by atoms with Crippen LogP contribution in [-0.2, 0) is 12.8 Å². The molecule has 2 rings (SSSR count). The van der Waals surface area contributed by atoms with Crippen LogP contribution in [0.15, 0.2) is 18.3 Å². The summed E-state index contributed by atoms with van der Waals surface area (Å²) in [6.07, 6.45) is 4.29. The molecule has 0 fully saturated rings. The van der Waals surface area contributed by atoms with Gasteiger partial charge in [0.2, 0.25) is 0 Å². The molecule has 70 valence electrons. The molecule has 13 heavy (non-hydrogen) atoms. The molecule has 1 aromatic heterocycles. The number of hydrogen-bond donors (Lipinski definition) is 0. The lowest BCUT2D eigenvalue weighted by atomic mass is 9.79. The van der Waals surface area contributed by atoms with Crippen molar-refractivity contribution in [3.05, 3.63) is 29.6 Å². The standard InChI is InChI=1S/C12H17N/c1-12(2,3)10-7-9-5-4-6-13-11(9)8-10/h4-6,10H,7-8H2,1-3H3. The second kappa shape index (κ2) is 2.83. The normalized spacial score (nSPS) is 21.6. The number of rotatable bonds is 0. The van der Waals surface area contributed by atoms with Crippen molar-refractivity contribution in [2.24, 2.45) is 11.3 Å². The van der Waals surface area contributed by atoms with E-state index in [9.17, 15) is 0 Å². The van der Waals surface area contributed by atoms with Crippen LogP contribution in [0.25, 0.3) is 0 Å². The SMILES string of the molecule is CC(C)(C)C1Cc2cccnc2C1. The average Bonchev–Trinajstić information content (AvgIpc) is 2.45. The van der Waals surface area contributed by atoms with E-state index in [0.29, 0.717) is 5.41 Å². The van der Waals surface area contributed by atoms with Crippen LogP contribution in [-0.4, -0.2) is 4.98 Å². The van der Waals surface area contributed by atoms with Crippen molar-refractivity contribution in [2.45, 2.75) is 33.6 Å². The molecular weight excluding hydrogens is 158 g/mol. The summed E-state index contributed by atoms with van der Waals surface area (Å²) in [6, 6.07) is 4.26. The Morgan fingerprint density at radius 3 is 2.69 bits per heavy atom. The van der Waals surface area contributed by atoms with Gasteiger partial charge in [-0.25, -0.2) is 0 Å². The van der Waals surface area contributed by atoms with Crippen molar-refractivity contribution in [1.82, 2.24) is 4.98 Å². The minimum Gasteiger partial charge on any atom is -0.261 e. The lowest BCUT2D eigenvalue weighted by molar-refractivity contribution is 0.250. The van der Waals surface area contributed by atoms with Gasteiger partial charge in [-0.15, -0.1) is 0 Å². The first kappa shape index (κ1) is 8.74. The second-order valence-electron chi connectivity index (χ2n) is 5.08. The third-order valence-corrected chi connectivity index (χ3v) is 3.12. The molecule has 0 spiro atoms. The Balaban J connectivity index is 2.23. The van der Waals surface area contributed by atoms with Crippen molar-refractivity contribution >= 4 is 0 Å². The Hall–Kier alpha value is -0.850. The Morgan fingerprint density at radius 1 is 1.31 bits per heavy atom. The smallest absolute Gasteiger partial charge is 0.0438 e. The maximum Gasteiger partial charge on any atom is 0.0438 e. The third kappa shape index (κ3) is 1.60. The van der Waals surface area contributed by atoms with E-state index in [2.05, 4.69) is 31.8 Å². The summed E-state index contributed by atoms with van der Waals surface area (Å²) in [6.45, 7) is 6.97. The Morgan fingerprint density at radius 2 is 2.08 bits per heavy atom. The van der Waals surface area contributed by atoms with Crippen molar-refractivity contribution in [2.75, 3.05) is 0 Å². The molecule has 0 amide bonds. The third-order valence-electron chi connectivity index (χ3n) is 3.12. The molecule has 1 aromatic rings. The van der Waals surface area contributed by atoms with Gasteiger partial charge in [0.15, 0.2) is 0 Å². The highest BCUT2D eigenvalue weighted by molar-refractivity contribution is 5.26. The molecule has 0 radical (unpaired) electrons. The van der Waals surface area contributed by atoms with Crippen LogP contribution in [0, 0.1) is 11.3 Å². The lowest BCUT2D eigenvalue weighted by Gasteiger charge is -2.26. The topological polar surface area (TPSA) is 12.9 Å². The minimum absolute atomic E-state index is 0.417. The maximum atomic E-state index is 4.42. The number of aromatic nitrogens is 1. The van der Waals surface area contributed by atoms with Crippen molar-refractivity contribution in [3.63, 3.8) is 0 Å². The quantitative estimate of drug-likeness (QED) is 0.591. The zero-order valence-corrected chi connectivity index (χ0v) is 8.67. The maximum absolute atomic E-state index is 4.42. The van der Waals surface area contributed by atoms with Crippen LogP contribution in [0.2, 0.25) is 0 Å². The fourth-order valence-electron chi connectivity index (χ4n) is 2.02. The Kier molecular flexibility index (Phi) is 1.90. The lowest BCUT2D eigenvalue weighted by Crippen LogP contribution is -2.20. The van der Waals surface area contributed by atoms with E-state index in [4.69, 9.17) is 0 Å². The van der Waals surface area contributed by atoms with Crippen LogP contribution in [0.5, 0.6) is 0 Å². The second-order valence-corrected chi connectivity index (χ2v) is 5.08. The largest absolute Gasteiger partial charge is 0.261 e. The van der Waals surface area contributed by atoms with Gasteiger partial charge in [0, 0.05) is 11.9 Å². The van der Waals surface area contributed by atoms with E-state index in [0.717, 1.165) is 5.92 Å². The summed E-state index contributed by atoms with van der Waals surface area (Å²) in [4.78, 5) is 4.42. The summed E-state index contributed by atoms with van der Waals surface area (Å²) in [5, 5.41) is 0. The molecule has 1 unspecified atom stereocenters. The number of hydrogen-bond acceptors (Lipinski definition) is 1. The molecule has 0 saturated carbocycles. The first-order chi connectivity index (χ1) is 6.07. The van der Waals surface area contributed by atoms with Crippen molar-refractivity contribution in [3.8, 4) is 0 Å². The number of nitrogens with zero attached hydrogens (tertiary/aromatic N) is 1. The van der Waals surface area contributed by atoms with Gasteiger partial charge >= 0.3 is 0 Å². The predicted molar refractivity (Wildman–Crippen MR) is 54.6 cm³/mol. The van der Waals surface area contributed by atoms with Gasteiger partial charge in [-0.2, -0.15) is 0 Å². The zero-order valence-electron chi connectivity index (χ0n) is 8.67. The fourth-order valence-corrected chi connectivity index (χ4v) is 2.02. The van der Waals surface area contributed by atoms with Gasteiger partial charge in [0.25, 0.3) is 0 Å². The molecule has 0 aliphatic heterocycles. The molecule has 1 aliphatic rings. The van der Waals surface area contributed by atoms with E-state index >= 15 is 0 Å². The van der Waals surface area contributed by atoms with Gasteiger partial charge in [-0.3, -0.25) is 4.98 Å². The first-order valence-electron chi connectivity index (χ1n) is 5.00. The van der Waals surface area contributed by atoms with E-state index < -0.39 is 0 Å². The van der Waals surface area contributed by atoms with E-state index in [1.165, 1.54) is 24.1 Å². The van der Waals surface area contributed by atoms with Gasteiger partial charge in [-0.05, 0) is 35.8 Å². The molecule has 1 atom stereocenters. The summed E-state index contributed by atoms with van der Waals surface area (Å²) < 4.78 is 0. The monoisotopic (exact) mass is 175 g/mol. The summed E-state index contributed by atoms with van der Waals surface area (Å²) in [7, 11) is 0.